The van der Waals surface area contributed by atoms with E-state index in [2.05, 4.69) is 33.0 Å². The van der Waals surface area contributed by atoms with Crippen LogP contribution in [0.1, 0.15) is 33.5 Å². The molecule has 1 aromatic carbocycles. The van der Waals surface area contributed by atoms with Crippen LogP contribution in [0.25, 0.3) is 0 Å². The summed E-state index contributed by atoms with van der Waals surface area (Å²) in [6, 6.07) is 8.07. The lowest BCUT2D eigenvalue weighted by Crippen LogP contribution is -2.04. The molecule has 0 saturated heterocycles. The average Bonchev–Trinajstić information content (AvgIpc) is 2.85. The summed E-state index contributed by atoms with van der Waals surface area (Å²) < 4.78 is 0.909. The largest absolute Gasteiger partial charge is 0.294 e. The van der Waals surface area contributed by atoms with Crippen molar-refractivity contribution in [3.63, 3.8) is 0 Å². The number of carbonyl (C=O) groups excluding carboxylic acids is 1. The maximum absolute atomic E-state index is 12.3. The Morgan fingerprint density at radius 3 is 2.84 bits per heavy atom. The molecule has 0 unspecified atom stereocenters. The van der Waals surface area contributed by atoms with Crippen molar-refractivity contribution >= 4 is 21.7 Å². The van der Waals surface area contributed by atoms with Crippen molar-refractivity contribution < 1.29 is 4.79 Å². The van der Waals surface area contributed by atoms with Crippen molar-refractivity contribution in [3.8, 4) is 0 Å². The molecule has 0 spiro atoms. The molecule has 0 radical (unpaired) electrons. The summed E-state index contributed by atoms with van der Waals surface area (Å²) in [6.45, 7) is 0. The van der Waals surface area contributed by atoms with E-state index in [1.807, 2.05) is 12.1 Å². The molecular formula is C16H14BrNO. The van der Waals surface area contributed by atoms with Crippen molar-refractivity contribution in [2.45, 2.75) is 25.7 Å². The topological polar surface area (TPSA) is 30.0 Å². The number of rotatable bonds is 3. The lowest BCUT2D eigenvalue weighted by atomic mass is 10.00. The van der Waals surface area contributed by atoms with Crippen molar-refractivity contribution in [3.05, 3.63) is 63.4 Å². The molecule has 0 saturated carbocycles. The number of aryl methyl sites for hydroxylation is 2. The average molecular weight is 316 g/mol. The lowest BCUT2D eigenvalue weighted by Gasteiger charge is -2.05. The van der Waals surface area contributed by atoms with Gasteiger partial charge in [0.25, 0.3) is 0 Å². The molecule has 3 heteroatoms. The number of ketones is 1. The third-order valence-corrected chi connectivity index (χ3v) is 3.98. The van der Waals surface area contributed by atoms with E-state index in [1.165, 1.54) is 17.5 Å². The number of halogens is 1. The van der Waals surface area contributed by atoms with Gasteiger partial charge in [-0.3, -0.25) is 9.78 Å². The first-order valence-electron chi connectivity index (χ1n) is 6.47. The van der Waals surface area contributed by atoms with Gasteiger partial charge in [0.05, 0.1) is 0 Å². The summed E-state index contributed by atoms with van der Waals surface area (Å²) in [5, 5.41) is 0. The Morgan fingerprint density at radius 2 is 2.00 bits per heavy atom. The molecule has 19 heavy (non-hydrogen) atoms. The van der Waals surface area contributed by atoms with E-state index in [1.54, 1.807) is 12.4 Å². The number of hydrogen-bond donors (Lipinski definition) is 0. The highest BCUT2D eigenvalue weighted by Crippen LogP contribution is 2.23. The van der Waals surface area contributed by atoms with Gasteiger partial charge >= 0.3 is 0 Å². The van der Waals surface area contributed by atoms with Gasteiger partial charge in [-0.15, -0.1) is 0 Å². The molecule has 1 aliphatic rings. The summed E-state index contributed by atoms with van der Waals surface area (Å²) in [4.78, 5) is 16.4. The third-order valence-electron chi connectivity index (χ3n) is 3.55. The predicted molar refractivity (Wildman–Crippen MR) is 78.4 cm³/mol. The molecule has 1 aromatic heterocycles. The second kappa shape index (κ2) is 5.25. The Balaban J connectivity index is 1.81. The smallest absolute Gasteiger partial charge is 0.167 e. The van der Waals surface area contributed by atoms with Crippen LogP contribution >= 0.6 is 15.9 Å². The van der Waals surface area contributed by atoms with E-state index in [9.17, 15) is 4.79 Å². The Labute approximate surface area is 121 Å². The zero-order chi connectivity index (χ0) is 13.2. The second-order valence-corrected chi connectivity index (χ2v) is 5.86. The number of aromatic nitrogens is 1. The van der Waals surface area contributed by atoms with E-state index >= 15 is 0 Å². The maximum atomic E-state index is 12.3. The molecule has 0 amide bonds. The van der Waals surface area contributed by atoms with E-state index in [0.29, 0.717) is 6.42 Å². The zero-order valence-electron chi connectivity index (χ0n) is 10.5. The van der Waals surface area contributed by atoms with E-state index < -0.39 is 0 Å². The van der Waals surface area contributed by atoms with Gasteiger partial charge in [-0.25, -0.2) is 0 Å². The van der Waals surface area contributed by atoms with Crippen LogP contribution in [0.15, 0.2) is 41.1 Å². The van der Waals surface area contributed by atoms with E-state index in [-0.39, 0.29) is 5.78 Å². The highest BCUT2D eigenvalue weighted by atomic mass is 79.9. The fraction of sp³-hybridized carbons (Fsp3) is 0.250. The molecule has 2 nitrogen and oxygen atoms in total. The van der Waals surface area contributed by atoms with Crippen molar-refractivity contribution in [2.24, 2.45) is 0 Å². The van der Waals surface area contributed by atoms with Crippen LogP contribution < -0.4 is 0 Å². The first-order valence-corrected chi connectivity index (χ1v) is 7.26. The molecule has 0 atom stereocenters. The van der Waals surface area contributed by atoms with Gasteiger partial charge in [-0.05, 0) is 64.0 Å². The first-order chi connectivity index (χ1) is 9.22. The minimum atomic E-state index is 0.162. The summed E-state index contributed by atoms with van der Waals surface area (Å²) in [7, 11) is 0. The Morgan fingerprint density at radius 1 is 1.16 bits per heavy atom. The number of fused-ring (bicyclic) bond motifs is 1. The van der Waals surface area contributed by atoms with Crippen LogP contribution in [0.4, 0.5) is 0 Å². The SMILES string of the molecule is O=C(Cc1cncc(Br)c1)c1ccc2c(c1)CCC2. The minimum Gasteiger partial charge on any atom is -0.294 e. The highest BCUT2D eigenvalue weighted by Gasteiger charge is 2.14. The molecule has 1 heterocycles. The maximum Gasteiger partial charge on any atom is 0.167 e. The van der Waals surface area contributed by atoms with Gasteiger partial charge in [0.15, 0.2) is 5.78 Å². The highest BCUT2D eigenvalue weighted by molar-refractivity contribution is 9.10. The summed E-state index contributed by atoms with van der Waals surface area (Å²) in [5.41, 5.74) is 4.51. The molecule has 3 rings (SSSR count). The predicted octanol–water partition coefficient (Wildman–Crippen LogP) is 3.76. The zero-order valence-corrected chi connectivity index (χ0v) is 12.1. The molecule has 1 aliphatic carbocycles. The van der Waals surface area contributed by atoms with Crippen molar-refractivity contribution in [2.75, 3.05) is 0 Å². The minimum absolute atomic E-state index is 0.162. The van der Waals surface area contributed by atoms with Gasteiger partial charge in [0, 0.05) is 28.9 Å². The molecule has 96 valence electrons. The molecule has 0 N–H and O–H groups in total. The van der Waals surface area contributed by atoms with Crippen LogP contribution in [-0.2, 0) is 19.3 Å². The monoisotopic (exact) mass is 315 g/mol. The number of benzene rings is 1. The number of pyridine rings is 1. The van der Waals surface area contributed by atoms with E-state index in [0.717, 1.165) is 28.4 Å². The van der Waals surface area contributed by atoms with Gasteiger partial charge in [-0.1, -0.05) is 12.1 Å². The van der Waals surface area contributed by atoms with Gasteiger partial charge in [0.1, 0.15) is 0 Å². The fourth-order valence-corrected chi connectivity index (χ4v) is 3.00. The van der Waals surface area contributed by atoms with Crippen molar-refractivity contribution in [1.82, 2.24) is 4.98 Å². The normalized spacial score (nSPS) is 13.3. The van der Waals surface area contributed by atoms with Crippen molar-refractivity contribution in [1.29, 1.82) is 0 Å². The second-order valence-electron chi connectivity index (χ2n) is 4.95. The van der Waals surface area contributed by atoms with Gasteiger partial charge < -0.3 is 0 Å². The molecular weight excluding hydrogens is 302 g/mol. The molecule has 0 bridgehead atoms. The van der Waals surface area contributed by atoms with Crippen LogP contribution in [-0.4, -0.2) is 10.8 Å². The summed E-state index contributed by atoms with van der Waals surface area (Å²) in [5.74, 6) is 0.162. The summed E-state index contributed by atoms with van der Waals surface area (Å²) >= 11 is 3.38. The number of hydrogen-bond acceptors (Lipinski definition) is 2. The van der Waals surface area contributed by atoms with E-state index in [4.69, 9.17) is 0 Å². The van der Waals surface area contributed by atoms with Gasteiger partial charge in [-0.2, -0.15) is 0 Å². The fourth-order valence-electron chi connectivity index (χ4n) is 2.59. The molecule has 2 aromatic rings. The number of Topliss-reactive ketones (excluding diaryl/α,β-unsaturated/α-hetero) is 1. The lowest BCUT2D eigenvalue weighted by molar-refractivity contribution is 0.0993. The quantitative estimate of drug-likeness (QED) is 0.807. The molecule has 0 aliphatic heterocycles. The Hall–Kier alpha value is -1.48. The third kappa shape index (κ3) is 2.76. The van der Waals surface area contributed by atoms with Crippen LogP contribution in [0.5, 0.6) is 0 Å². The van der Waals surface area contributed by atoms with Crippen LogP contribution in [0.2, 0.25) is 0 Å². The Bertz CT molecular complexity index is 636. The first kappa shape index (κ1) is 12.5. The molecule has 0 fully saturated rings. The van der Waals surface area contributed by atoms with Gasteiger partial charge in [0.2, 0.25) is 0 Å². The number of carbonyl (C=O) groups is 1. The standard InChI is InChI=1S/C16H14BrNO/c17-15-6-11(9-18-10-15)7-16(19)14-5-4-12-2-1-3-13(12)8-14/h4-6,8-10H,1-3,7H2. The van der Waals surface area contributed by atoms with Crippen LogP contribution in [0, 0.1) is 0 Å². The number of nitrogens with zero attached hydrogens (tertiary/aromatic N) is 1. The summed E-state index contributed by atoms with van der Waals surface area (Å²) in [6.07, 6.45) is 7.35. The van der Waals surface area contributed by atoms with Crippen LogP contribution in [0.3, 0.4) is 0 Å². The Kier molecular flexibility index (Phi) is 3.47.